The highest BCUT2D eigenvalue weighted by atomic mass is 31.2. The Bertz CT molecular complexity index is 1040. The van der Waals surface area contributed by atoms with Gasteiger partial charge in [0.25, 0.3) is 0 Å². The Kier molecular flexibility index (Phi) is 7.04. The van der Waals surface area contributed by atoms with Crippen molar-refractivity contribution in [2.75, 3.05) is 12.3 Å². The van der Waals surface area contributed by atoms with Gasteiger partial charge in [0.2, 0.25) is 0 Å². The molecule has 3 rings (SSSR count). The smallest absolute Gasteiger partial charge is 0.469 e. The van der Waals surface area contributed by atoms with Crippen molar-refractivity contribution < 1.29 is 48.2 Å². The van der Waals surface area contributed by atoms with Gasteiger partial charge in [-0.05, 0) is 6.42 Å². The van der Waals surface area contributed by atoms with Gasteiger partial charge in [0, 0.05) is 6.42 Å². The van der Waals surface area contributed by atoms with Gasteiger partial charge in [-0.2, -0.15) is 0 Å². The van der Waals surface area contributed by atoms with Crippen LogP contribution in [-0.2, 0) is 28.2 Å². The second-order valence-corrected chi connectivity index (χ2v) is 8.10. The maximum atomic E-state index is 12.3. The van der Waals surface area contributed by atoms with E-state index in [9.17, 15) is 19.3 Å². The summed E-state index contributed by atoms with van der Waals surface area (Å²) in [5, 5.41) is 19.5. The number of hydrogen-bond acceptors (Lipinski definition) is 12. The van der Waals surface area contributed by atoms with E-state index >= 15 is 0 Å². The third-order valence-corrected chi connectivity index (χ3v) is 5.09. The molecule has 0 spiro atoms. The fourth-order valence-electron chi connectivity index (χ4n) is 3.07. The Labute approximate surface area is 179 Å². The fourth-order valence-corrected chi connectivity index (χ4v) is 3.42. The number of fused-ring (bicyclic) bond motifs is 1. The lowest BCUT2D eigenvalue weighted by Gasteiger charge is -2.22. The van der Waals surface area contributed by atoms with E-state index in [4.69, 9.17) is 35.8 Å². The first-order valence-electron chi connectivity index (χ1n) is 9.12. The number of aromatic nitrogens is 4. The van der Waals surface area contributed by atoms with Crippen LogP contribution >= 0.6 is 7.82 Å². The summed E-state index contributed by atoms with van der Waals surface area (Å²) in [5.74, 6) is -2.14. The Morgan fingerprint density at radius 3 is 2.69 bits per heavy atom. The fraction of sp³-hybridized carbons (Fsp3) is 0.533. The molecule has 1 aliphatic rings. The van der Waals surface area contributed by atoms with Crippen molar-refractivity contribution in [3.63, 3.8) is 0 Å². The van der Waals surface area contributed by atoms with Crippen LogP contribution in [0.4, 0.5) is 5.82 Å². The molecule has 1 fully saturated rings. The van der Waals surface area contributed by atoms with Gasteiger partial charge < -0.3 is 40.9 Å². The number of rotatable bonds is 9. The normalized spacial score (nSPS) is 24.5. The minimum absolute atomic E-state index is 0.0648. The summed E-state index contributed by atoms with van der Waals surface area (Å²) < 4.78 is 27.7. The Morgan fingerprint density at radius 2 is 2.03 bits per heavy atom. The Morgan fingerprint density at radius 1 is 1.31 bits per heavy atom. The van der Waals surface area contributed by atoms with E-state index in [1.165, 1.54) is 10.9 Å². The summed E-state index contributed by atoms with van der Waals surface area (Å²) in [5.41, 5.74) is 11.8. The van der Waals surface area contributed by atoms with Gasteiger partial charge in [-0.1, -0.05) is 0 Å². The van der Waals surface area contributed by atoms with Crippen molar-refractivity contribution in [1.29, 1.82) is 0 Å². The summed E-state index contributed by atoms with van der Waals surface area (Å²) in [6, 6.07) is -1.32. The lowest BCUT2D eigenvalue weighted by atomic mass is 10.1. The molecular weight excluding hydrogens is 455 g/mol. The first-order chi connectivity index (χ1) is 15.0. The van der Waals surface area contributed by atoms with Gasteiger partial charge in [-0.25, -0.2) is 19.5 Å². The molecule has 1 aliphatic heterocycles. The van der Waals surface area contributed by atoms with Crippen LogP contribution < -0.4 is 11.5 Å². The van der Waals surface area contributed by atoms with Crippen LogP contribution in [0.15, 0.2) is 12.7 Å². The summed E-state index contributed by atoms with van der Waals surface area (Å²) in [4.78, 5) is 52.8. The van der Waals surface area contributed by atoms with Gasteiger partial charge in [-0.3, -0.25) is 18.7 Å². The van der Waals surface area contributed by atoms with Gasteiger partial charge in [0.1, 0.15) is 30.1 Å². The number of carbonyl (C=O) groups excluding carboxylic acids is 1. The number of phosphoric ester groups is 1. The number of anilines is 1. The topological polar surface area (TPSA) is 255 Å². The summed E-state index contributed by atoms with van der Waals surface area (Å²) in [6.45, 7) is -0.746. The van der Waals surface area contributed by atoms with Crippen molar-refractivity contribution >= 4 is 36.7 Å². The molecule has 16 nitrogen and oxygen atoms in total. The molecule has 2 aromatic rings. The highest BCUT2D eigenvalue weighted by Crippen LogP contribution is 2.39. The maximum Gasteiger partial charge on any atom is 0.469 e. The predicted octanol–water partition coefficient (Wildman–Crippen LogP) is -2.12. The zero-order valence-electron chi connectivity index (χ0n) is 16.3. The van der Waals surface area contributed by atoms with Crippen LogP contribution in [-0.4, -0.2) is 82.4 Å². The number of aliphatic hydroxyl groups excluding tert-OH is 1. The van der Waals surface area contributed by atoms with Gasteiger partial charge >= 0.3 is 19.8 Å². The van der Waals surface area contributed by atoms with E-state index < -0.39 is 63.4 Å². The quantitative estimate of drug-likeness (QED) is 0.167. The number of aliphatic carboxylic acids is 1. The second-order valence-electron chi connectivity index (χ2n) is 6.87. The van der Waals surface area contributed by atoms with E-state index in [-0.39, 0.29) is 23.4 Å². The highest BCUT2D eigenvalue weighted by molar-refractivity contribution is 7.46. The molecule has 0 bridgehead atoms. The number of carbonyl (C=O) groups is 2. The number of imidazole rings is 1. The van der Waals surface area contributed by atoms with E-state index in [1.54, 1.807) is 0 Å². The van der Waals surface area contributed by atoms with E-state index in [0.717, 1.165) is 6.33 Å². The minimum Gasteiger partial charge on any atom is -0.481 e. The summed E-state index contributed by atoms with van der Waals surface area (Å²) in [7, 11) is -4.91. The summed E-state index contributed by atoms with van der Waals surface area (Å²) >= 11 is 0. The molecule has 0 radical (unpaired) electrons. The molecule has 8 N–H and O–H groups in total. The number of hydrogen-bond donors (Lipinski definition) is 6. The lowest BCUT2D eigenvalue weighted by Crippen LogP contribution is -2.43. The molecule has 1 saturated heterocycles. The zero-order valence-corrected chi connectivity index (χ0v) is 17.2. The number of carboxylic acids is 1. The monoisotopic (exact) mass is 476 g/mol. The maximum absolute atomic E-state index is 12.3. The highest BCUT2D eigenvalue weighted by Gasteiger charge is 2.48. The number of ether oxygens (including phenoxy) is 2. The van der Waals surface area contributed by atoms with Crippen molar-refractivity contribution in [3.05, 3.63) is 12.7 Å². The van der Waals surface area contributed by atoms with Gasteiger partial charge in [-0.15, -0.1) is 0 Å². The molecule has 0 aromatic carbocycles. The largest absolute Gasteiger partial charge is 0.481 e. The number of phosphoric acid groups is 1. The first kappa shape index (κ1) is 23.9. The number of nitrogens with zero attached hydrogens (tertiary/aromatic N) is 4. The van der Waals surface area contributed by atoms with E-state index in [2.05, 4.69) is 19.5 Å². The summed E-state index contributed by atoms with van der Waals surface area (Å²) in [6.07, 6.45) is -3.83. The van der Waals surface area contributed by atoms with Crippen LogP contribution in [0.25, 0.3) is 11.2 Å². The third kappa shape index (κ3) is 5.36. The van der Waals surface area contributed by atoms with Crippen LogP contribution in [0.1, 0.15) is 19.1 Å². The molecule has 32 heavy (non-hydrogen) atoms. The van der Waals surface area contributed by atoms with Gasteiger partial charge in [0.15, 0.2) is 23.8 Å². The third-order valence-electron chi connectivity index (χ3n) is 4.60. The molecule has 2 aromatic heterocycles. The van der Waals surface area contributed by atoms with Crippen molar-refractivity contribution in [1.82, 2.24) is 19.5 Å². The number of nitrogen functional groups attached to an aromatic ring is 1. The van der Waals surface area contributed by atoms with Crippen molar-refractivity contribution in [2.45, 2.75) is 43.4 Å². The average molecular weight is 476 g/mol. The molecule has 0 amide bonds. The molecular formula is C15H21N6O10P. The number of carboxylic acid groups (broad SMARTS) is 1. The number of aliphatic hydroxyl groups is 1. The molecule has 3 heterocycles. The number of esters is 1. The van der Waals surface area contributed by atoms with E-state index in [1.807, 2.05) is 0 Å². The van der Waals surface area contributed by atoms with Crippen LogP contribution in [0.2, 0.25) is 0 Å². The molecule has 17 heteroatoms. The van der Waals surface area contributed by atoms with Crippen molar-refractivity contribution in [2.24, 2.45) is 5.73 Å². The molecule has 5 atom stereocenters. The predicted molar refractivity (Wildman–Crippen MR) is 102 cm³/mol. The minimum atomic E-state index is -4.91. The Hall–Kier alpha value is -2.72. The van der Waals surface area contributed by atoms with Crippen LogP contribution in [0.3, 0.4) is 0 Å². The molecule has 176 valence electrons. The van der Waals surface area contributed by atoms with E-state index in [0.29, 0.717) is 0 Å². The Balaban J connectivity index is 1.83. The van der Waals surface area contributed by atoms with Crippen LogP contribution in [0.5, 0.6) is 0 Å². The average Bonchev–Trinajstić information content (AvgIpc) is 3.26. The first-order valence-corrected chi connectivity index (χ1v) is 10.7. The van der Waals surface area contributed by atoms with Gasteiger partial charge in [0.05, 0.1) is 12.9 Å². The second kappa shape index (κ2) is 9.41. The molecule has 0 saturated carbocycles. The number of nitrogens with two attached hydrogens (primary N) is 2. The van der Waals surface area contributed by atoms with Crippen LogP contribution in [0, 0.1) is 0 Å². The molecule has 5 unspecified atom stereocenters. The molecule has 0 aliphatic carbocycles. The lowest BCUT2D eigenvalue weighted by molar-refractivity contribution is -0.158. The standard InChI is InChI=1S/C15H21N6O10P/c16-6(1-2-8(22)23)15(25)31-11-7(3-29-32(26,27)28)30-14(10(11)24)21-5-20-9-12(17)18-4-19-13(9)21/h4-7,10-11,14,24H,1-3,16H2,(H,22,23)(H2,17,18,19)(H2,26,27,28). The zero-order chi connectivity index (χ0) is 23.6. The SMILES string of the molecule is Nc1ncnc2c1ncn2C1OC(COP(=O)(O)O)C(OC(=O)C(N)CCC(=O)O)C1O. The van der Waals surface area contributed by atoms with Crippen molar-refractivity contribution in [3.8, 4) is 0 Å².